The first-order valence-electron chi connectivity index (χ1n) is 11.7. The molecule has 0 spiro atoms. The number of nitrogens with one attached hydrogen (secondary N) is 1. The summed E-state index contributed by atoms with van der Waals surface area (Å²) in [6.45, 7) is 3.71. The number of hydrogen-bond donors (Lipinski definition) is 1. The summed E-state index contributed by atoms with van der Waals surface area (Å²) >= 11 is 7.18. The van der Waals surface area contributed by atoms with E-state index in [0.717, 1.165) is 16.9 Å². The van der Waals surface area contributed by atoms with Gasteiger partial charge in [-0.1, -0.05) is 48.9 Å². The van der Waals surface area contributed by atoms with Crippen molar-refractivity contribution in [2.75, 3.05) is 19.0 Å². The molecule has 2 aromatic heterocycles. The largest absolute Gasteiger partial charge is 0.495 e. The molecule has 0 fully saturated rings. The van der Waals surface area contributed by atoms with Crippen LogP contribution in [0, 0.1) is 6.92 Å². The highest BCUT2D eigenvalue weighted by atomic mass is 35.5. The molecule has 1 atom stereocenters. The average molecular weight is 540 g/mol. The molecule has 1 amide bonds. The van der Waals surface area contributed by atoms with Gasteiger partial charge >= 0.3 is 5.97 Å². The molecular weight excluding hydrogens is 514 g/mol. The zero-order valence-electron chi connectivity index (χ0n) is 20.6. The number of halogens is 1. The number of rotatable bonds is 9. The van der Waals surface area contributed by atoms with Gasteiger partial charge in [0.2, 0.25) is 5.91 Å². The number of ether oxygens (including phenoxy) is 2. The fourth-order valence-electron chi connectivity index (χ4n) is 4.03. The summed E-state index contributed by atoms with van der Waals surface area (Å²) in [5.74, 6) is -0.474. The Kier molecular flexibility index (Phi) is 8.25. The van der Waals surface area contributed by atoms with E-state index in [-0.39, 0.29) is 6.61 Å². The van der Waals surface area contributed by atoms with Crippen molar-refractivity contribution >= 4 is 50.7 Å². The zero-order valence-corrected chi connectivity index (χ0v) is 22.2. The van der Waals surface area contributed by atoms with Crippen LogP contribution in [0.2, 0.25) is 5.02 Å². The lowest BCUT2D eigenvalue weighted by Gasteiger charge is -2.18. The quantitative estimate of drug-likeness (QED) is 0.285. The maximum Gasteiger partial charge on any atom is 0.348 e. The molecule has 192 valence electrons. The summed E-state index contributed by atoms with van der Waals surface area (Å²) in [5.41, 5.74) is 1.55. The summed E-state index contributed by atoms with van der Waals surface area (Å²) in [6.07, 6.45) is 2.26. The van der Waals surface area contributed by atoms with Gasteiger partial charge in [0.05, 0.1) is 31.1 Å². The van der Waals surface area contributed by atoms with Crippen LogP contribution in [0.15, 0.2) is 59.7 Å². The third-order valence-corrected chi connectivity index (χ3v) is 7.39. The highest BCUT2D eigenvalue weighted by Crippen LogP contribution is 2.30. The maximum absolute atomic E-state index is 13.5. The third kappa shape index (κ3) is 5.68. The second kappa shape index (κ2) is 11.6. The highest BCUT2D eigenvalue weighted by molar-refractivity contribution is 7.20. The molecule has 4 rings (SSSR count). The molecule has 0 saturated carbocycles. The van der Waals surface area contributed by atoms with E-state index in [1.807, 2.05) is 30.3 Å². The van der Waals surface area contributed by atoms with E-state index in [2.05, 4.69) is 10.3 Å². The highest BCUT2D eigenvalue weighted by Gasteiger charge is 2.25. The number of thiophene rings is 1. The summed E-state index contributed by atoms with van der Waals surface area (Å²) in [4.78, 5) is 44.6. The molecule has 0 saturated heterocycles. The number of aromatic nitrogens is 2. The number of carbonyl (C=O) groups excluding carboxylic acids is 2. The van der Waals surface area contributed by atoms with E-state index < -0.39 is 23.5 Å². The number of esters is 1. The average Bonchev–Trinajstić information content (AvgIpc) is 3.23. The molecule has 0 aliphatic rings. The number of fused-ring (bicyclic) bond motifs is 1. The molecule has 10 heteroatoms. The zero-order chi connectivity index (χ0) is 26.5. The molecule has 8 nitrogen and oxygen atoms in total. The third-order valence-electron chi connectivity index (χ3n) is 5.97. The lowest BCUT2D eigenvalue weighted by molar-refractivity contribution is -0.119. The van der Waals surface area contributed by atoms with Crippen LogP contribution in [0.25, 0.3) is 10.2 Å². The molecule has 1 N–H and O–H groups in total. The van der Waals surface area contributed by atoms with Crippen molar-refractivity contribution in [3.63, 3.8) is 0 Å². The molecular formula is C27H26ClN3O5S. The number of methoxy groups -OCH3 is 1. The van der Waals surface area contributed by atoms with E-state index in [0.29, 0.717) is 50.0 Å². The van der Waals surface area contributed by atoms with Crippen molar-refractivity contribution < 1.29 is 19.1 Å². The topological polar surface area (TPSA) is 99.5 Å². The van der Waals surface area contributed by atoms with Crippen molar-refractivity contribution in [1.82, 2.24) is 9.55 Å². The molecule has 0 bridgehead atoms. The van der Waals surface area contributed by atoms with E-state index in [4.69, 9.17) is 21.1 Å². The molecule has 0 aliphatic carbocycles. The van der Waals surface area contributed by atoms with Crippen LogP contribution in [0.3, 0.4) is 0 Å². The number of amides is 1. The SMILES string of the molecule is CCC(C(=O)Nc1cc(Cl)ccc1OC)n1cnc2sc(C(=O)OCCc3ccccc3)c(C)c2c1=O. The normalized spacial score (nSPS) is 11.8. The molecule has 37 heavy (non-hydrogen) atoms. The van der Waals surface area contributed by atoms with Gasteiger partial charge in [-0.3, -0.25) is 14.2 Å². The Morgan fingerprint density at radius 3 is 2.65 bits per heavy atom. The second-order valence-electron chi connectivity index (χ2n) is 8.32. The molecule has 0 aliphatic heterocycles. The van der Waals surface area contributed by atoms with Crippen LogP contribution in [0.1, 0.15) is 40.2 Å². The van der Waals surface area contributed by atoms with Crippen LogP contribution in [-0.2, 0) is 16.0 Å². The molecule has 1 unspecified atom stereocenters. The maximum atomic E-state index is 13.5. The summed E-state index contributed by atoms with van der Waals surface area (Å²) in [7, 11) is 1.49. The van der Waals surface area contributed by atoms with Gasteiger partial charge in [0, 0.05) is 11.4 Å². The lowest BCUT2D eigenvalue weighted by Crippen LogP contribution is -2.33. The van der Waals surface area contributed by atoms with Gasteiger partial charge in [-0.05, 0) is 42.7 Å². The Morgan fingerprint density at radius 1 is 1.19 bits per heavy atom. The van der Waals surface area contributed by atoms with Gasteiger partial charge in [-0.15, -0.1) is 11.3 Å². The number of hydrogen-bond acceptors (Lipinski definition) is 7. The Balaban J connectivity index is 1.57. The van der Waals surface area contributed by atoms with Crippen LogP contribution in [0.4, 0.5) is 5.69 Å². The van der Waals surface area contributed by atoms with Crippen LogP contribution in [0.5, 0.6) is 5.75 Å². The van der Waals surface area contributed by atoms with Crippen molar-refractivity contribution in [2.24, 2.45) is 0 Å². The Hall–Kier alpha value is -3.69. The molecule has 0 radical (unpaired) electrons. The molecule has 2 aromatic carbocycles. The van der Waals surface area contributed by atoms with E-state index in [1.165, 1.54) is 18.0 Å². The predicted octanol–water partition coefficient (Wildman–Crippen LogP) is 5.42. The van der Waals surface area contributed by atoms with Crippen molar-refractivity contribution in [2.45, 2.75) is 32.7 Å². The van der Waals surface area contributed by atoms with Gasteiger partial charge in [-0.2, -0.15) is 0 Å². The first kappa shape index (κ1) is 26.4. The first-order valence-corrected chi connectivity index (χ1v) is 12.9. The van der Waals surface area contributed by atoms with Crippen LogP contribution in [-0.4, -0.2) is 35.1 Å². The minimum Gasteiger partial charge on any atom is -0.495 e. The monoisotopic (exact) mass is 539 g/mol. The Labute approximate surface area is 222 Å². The smallest absolute Gasteiger partial charge is 0.348 e. The minimum atomic E-state index is -0.839. The number of anilines is 1. The number of aryl methyl sites for hydroxylation is 1. The van der Waals surface area contributed by atoms with Gasteiger partial charge in [0.1, 0.15) is 21.5 Å². The predicted molar refractivity (Wildman–Crippen MR) is 145 cm³/mol. The van der Waals surface area contributed by atoms with Gasteiger partial charge in [-0.25, -0.2) is 9.78 Å². The second-order valence-corrected chi connectivity index (χ2v) is 9.76. The summed E-state index contributed by atoms with van der Waals surface area (Å²) < 4.78 is 12.1. The van der Waals surface area contributed by atoms with Crippen molar-refractivity contribution in [3.8, 4) is 5.75 Å². The summed E-state index contributed by atoms with van der Waals surface area (Å²) in [6, 6.07) is 13.8. The van der Waals surface area contributed by atoms with E-state index >= 15 is 0 Å². The molecule has 4 aromatic rings. The fourth-order valence-corrected chi connectivity index (χ4v) is 5.23. The number of nitrogens with zero attached hydrogens (tertiary/aromatic N) is 2. The Bertz CT molecular complexity index is 1500. The summed E-state index contributed by atoms with van der Waals surface area (Å²) in [5, 5.41) is 3.53. The molecule has 2 heterocycles. The number of benzene rings is 2. The van der Waals surface area contributed by atoms with Gasteiger partial charge < -0.3 is 14.8 Å². The van der Waals surface area contributed by atoms with E-state index in [9.17, 15) is 14.4 Å². The van der Waals surface area contributed by atoms with Crippen molar-refractivity contribution in [1.29, 1.82) is 0 Å². The first-order chi connectivity index (χ1) is 17.8. The number of carbonyl (C=O) groups is 2. The van der Waals surface area contributed by atoms with Crippen LogP contribution >= 0.6 is 22.9 Å². The van der Waals surface area contributed by atoms with E-state index in [1.54, 1.807) is 32.0 Å². The Morgan fingerprint density at radius 2 is 1.95 bits per heavy atom. The van der Waals surface area contributed by atoms with Crippen molar-refractivity contribution in [3.05, 3.63) is 86.2 Å². The van der Waals surface area contributed by atoms with Gasteiger partial charge in [0.15, 0.2) is 0 Å². The van der Waals surface area contributed by atoms with Crippen LogP contribution < -0.4 is 15.6 Å². The lowest BCUT2D eigenvalue weighted by atomic mass is 10.1. The minimum absolute atomic E-state index is 0.221. The standard InChI is InChI=1S/C27H26ClN3O5S/c1-4-20(24(32)30-19-14-18(28)10-11-21(19)35-3)31-15-29-25-22(26(31)33)16(2)23(37-25)27(34)36-13-12-17-8-6-5-7-9-17/h5-11,14-15,20H,4,12-13H2,1-3H3,(H,30,32). The van der Waals surface area contributed by atoms with Gasteiger partial charge in [0.25, 0.3) is 5.56 Å². The fraction of sp³-hybridized carbons (Fsp3) is 0.259.